The van der Waals surface area contributed by atoms with E-state index in [0.29, 0.717) is 5.16 Å². The van der Waals surface area contributed by atoms with E-state index in [9.17, 15) is 0 Å². The third-order valence-electron chi connectivity index (χ3n) is 0.592. The SMILES string of the molecule is [CH2]Sc1nnnn1N. The molecule has 1 heterocycles. The number of hydrogen-bond acceptors (Lipinski definition) is 5. The number of thioether (sulfide) groups is 1. The molecule has 0 amide bonds. The number of nitrogens with two attached hydrogens (primary N) is 1. The second kappa shape index (κ2) is 1.99. The Morgan fingerprint density at radius 2 is 2.50 bits per heavy atom. The highest BCUT2D eigenvalue weighted by Crippen LogP contribution is 2.06. The zero-order valence-electron chi connectivity index (χ0n) is 3.98. The predicted molar refractivity (Wildman–Crippen MR) is 29.2 cm³/mol. The molecule has 2 N–H and O–H groups in total. The molecule has 1 rings (SSSR count). The number of rotatable bonds is 1. The Bertz CT molecular complexity index is 171. The zero-order chi connectivity index (χ0) is 5.98. The summed E-state index contributed by atoms with van der Waals surface area (Å²) in [5.74, 6) is 5.17. The lowest BCUT2D eigenvalue weighted by atomic mass is 11.4. The van der Waals surface area contributed by atoms with Gasteiger partial charge in [-0.05, 0) is 10.4 Å². The van der Waals surface area contributed by atoms with Gasteiger partial charge in [-0.25, -0.2) is 0 Å². The molecule has 0 unspecified atom stereocenters. The predicted octanol–water partition coefficient (Wildman–Crippen LogP) is -0.729. The van der Waals surface area contributed by atoms with Crippen LogP contribution in [0.2, 0.25) is 0 Å². The number of tetrazole rings is 1. The molecule has 0 fully saturated rings. The van der Waals surface area contributed by atoms with Gasteiger partial charge in [-0.3, -0.25) is 0 Å². The fraction of sp³-hybridized carbons (Fsp3) is 0. The molecule has 0 bridgehead atoms. The van der Waals surface area contributed by atoms with Crippen molar-refractivity contribution in [3.8, 4) is 0 Å². The summed E-state index contributed by atoms with van der Waals surface area (Å²) in [6.45, 7) is 0. The van der Waals surface area contributed by atoms with Crippen molar-refractivity contribution in [3.63, 3.8) is 0 Å². The summed E-state index contributed by atoms with van der Waals surface area (Å²) < 4.78 is 0. The summed E-state index contributed by atoms with van der Waals surface area (Å²) in [6.07, 6.45) is 3.46. The van der Waals surface area contributed by atoms with E-state index in [0.717, 1.165) is 16.6 Å². The van der Waals surface area contributed by atoms with Crippen molar-refractivity contribution in [2.24, 2.45) is 0 Å². The molecule has 1 radical (unpaired) electrons. The summed E-state index contributed by atoms with van der Waals surface area (Å²) >= 11 is 1.15. The number of nitrogens with zero attached hydrogens (tertiary/aromatic N) is 4. The number of hydrogen-bond donors (Lipinski definition) is 1. The van der Waals surface area contributed by atoms with E-state index in [1.54, 1.807) is 0 Å². The lowest BCUT2D eigenvalue weighted by Crippen LogP contribution is -2.10. The molecule has 0 aliphatic heterocycles. The second-order valence-electron chi connectivity index (χ2n) is 1.05. The molecule has 0 aromatic carbocycles. The van der Waals surface area contributed by atoms with Crippen molar-refractivity contribution in [3.05, 3.63) is 6.26 Å². The average molecular weight is 130 g/mol. The topological polar surface area (TPSA) is 69.6 Å². The van der Waals surface area contributed by atoms with Crippen LogP contribution in [0.3, 0.4) is 0 Å². The van der Waals surface area contributed by atoms with Crippen LogP contribution in [0.15, 0.2) is 5.16 Å². The Morgan fingerprint density at radius 1 is 1.75 bits per heavy atom. The van der Waals surface area contributed by atoms with Crippen molar-refractivity contribution in [1.82, 2.24) is 20.3 Å². The molecule has 1 aromatic rings. The first-order chi connectivity index (χ1) is 3.84. The fourth-order valence-electron chi connectivity index (χ4n) is 0.280. The van der Waals surface area contributed by atoms with Crippen molar-refractivity contribution in [1.29, 1.82) is 0 Å². The van der Waals surface area contributed by atoms with Gasteiger partial charge in [0.1, 0.15) is 0 Å². The molecule has 6 heteroatoms. The lowest BCUT2D eigenvalue weighted by Gasteiger charge is -1.87. The van der Waals surface area contributed by atoms with Gasteiger partial charge in [0.15, 0.2) is 0 Å². The Labute approximate surface area is 50.2 Å². The van der Waals surface area contributed by atoms with Crippen LogP contribution in [-0.4, -0.2) is 20.3 Å². The van der Waals surface area contributed by atoms with Crippen LogP contribution in [0.1, 0.15) is 0 Å². The molecule has 0 atom stereocenters. The summed E-state index contributed by atoms with van der Waals surface area (Å²) in [5, 5.41) is 10.6. The lowest BCUT2D eigenvalue weighted by molar-refractivity contribution is 0.717. The number of aromatic nitrogens is 4. The molecule has 0 saturated heterocycles. The van der Waals surface area contributed by atoms with Crippen LogP contribution in [0, 0.1) is 6.26 Å². The van der Waals surface area contributed by atoms with Gasteiger partial charge in [0.2, 0.25) is 5.16 Å². The summed E-state index contributed by atoms with van der Waals surface area (Å²) in [6, 6.07) is 0. The Kier molecular flexibility index (Phi) is 1.34. The fourth-order valence-corrected chi connectivity index (χ4v) is 0.543. The Balaban J connectivity index is 2.92. The average Bonchev–Trinajstić information content (AvgIpc) is 2.14. The van der Waals surface area contributed by atoms with Crippen molar-refractivity contribution in [2.75, 3.05) is 5.84 Å². The van der Waals surface area contributed by atoms with Gasteiger partial charge in [0, 0.05) is 6.26 Å². The summed E-state index contributed by atoms with van der Waals surface area (Å²) in [7, 11) is 0. The van der Waals surface area contributed by atoms with Crippen molar-refractivity contribution in [2.45, 2.75) is 5.16 Å². The Morgan fingerprint density at radius 3 is 2.75 bits per heavy atom. The third-order valence-corrected chi connectivity index (χ3v) is 1.12. The zero-order valence-corrected chi connectivity index (χ0v) is 4.80. The maximum atomic E-state index is 5.17. The summed E-state index contributed by atoms with van der Waals surface area (Å²) in [4.78, 5) is 1.07. The van der Waals surface area contributed by atoms with Gasteiger partial charge in [-0.15, -0.1) is 4.79 Å². The van der Waals surface area contributed by atoms with Gasteiger partial charge in [-0.1, -0.05) is 16.9 Å². The van der Waals surface area contributed by atoms with Gasteiger partial charge < -0.3 is 5.84 Å². The van der Waals surface area contributed by atoms with Crippen LogP contribution >= 0.6 is 11.8 Å². The quantitative estimate of drug-likeness (QED) is 0.401. The highest BCUT2D eigenvalue weighted by atomic mass is 32.2. The molecule has 5 nitrogen and oxygen atoms in total. The molecular formula is C2H4N5S. The molecular weight excluding hydrogens is 126 g/mol. The standard InChI is InChI=1S/C2H4N5S/c1-8-2-4-5-6-7(2)3/h1,3H2. The van der Waals surface area contributed by atoms with Gasteiger partial charge in [0.25, 0.3) is 0 Å². The highest BCUT2D eigenvalue weighted by Gasteiger charge is 1.96. The Hall–Kier alpha value is -0.780. The minimum Gasteiger partial charge on any atom is -0.319 e. The molecule has 43 valence electrons. The van der Waals surface area contributed by atoms with Crippen LogP contribution in [0.4, 0.5) is 0 Å². The van der Waals surface area contributed by atoms with Crippen LogP contribution in [0.5, 0.6) is 0 Å². The smallest absolute Gasteiger partial charge is 0.230 e. The monoisotopic (exact) mass is 130 g/mol. The van der Waals surface area contributed by atoms with E-state index in [1.807, 2.05) is 0 Å². The molecule has 0 aliphatic carbocycles. The molecule has 8 heavy (non-hydrogen) atoms. The van der Waals surface area contributed by atoms with Crippen LogP contribution in [0.25, 0.3) is 0 Å². The van der Waals surface area contributed by atoms with E-state index in [1.165, 1.54) is 0 Å². The minimum absolute atomic E-state index is 0.505. The van der Waals surface area contributed by atoms with Crippen LogP contribution in [-0.2, 0) is 0 Å². The van der Waals surface area contributed by atoms with E-state index < -0.39 is 0 Å². The van der Waals surface area contributed by atoms with E-state index in [4.69, 9.17) is 5.84 Å². The normalized spacial score (nSPS) is 9.62. The first-order valence-electron chi connectivity index (χ1n) is 1.80. The second-order valence-corrected chi connectivity index (χ2v) is 1.70. The molecule has 0 aliphatic rings. The maximum Gasteiger partial charge on any atom is 0.230 e. The minimum atomic E-state index is 0.505. The van der Waals surface area contributed by atoms with Crippen molar-refractivity contribution < 1.29 is 0 Å². The first kappa shape index (κ1) is 5.36. The maximum absolute atomic E-state index is 5.17. The third kappa shape index (κ3) is 0.738. The first-order valence-corrected chi connectivity index (χ1v) is 2.78. The summed E-state index contributed by atoms with van der Waals surface area (Å²) in [5.41, 5.74) is 0. The van der Waals surface area contributed by atoms with E-state index in [-0.39, 0.29) is 0 Å². The van der Waals surface area contributed by atoms with Gasteiger partial charge >= 0.3 is 0 Å². The van der Waals surface area contributed by atoms with E-state index in [2.05, 4.69) is 21.8 Å². The van der Waals surface area contributed by atoms with E-state index >= 15 is 0 Å². The highest BCUT2D eigenvalue weighted by molar-refractivity contribution is 8.00. The van der Waals surface area contributed by atoms with Gasteiger partial charge in [-0.2, -0.15) is 0 Å². The van der Waals surface area contributed by atoms with Crippen molar-refractivity contribution >= 4 is 11.8 Å². The van der Waals surface area contributed by atoms with Gasteiger partial charge in [0.05, 0.1) is 0 Å². The van der Waals surface area contributed by atoms with Crippen LogP contribution < -0.4 is 5.84 Å². The number of nitrogen functional groups attached to an aromatic ring is 1. The molecule has 0 saturated carbocycles. The largest absolute Gasteiger partial charge is 0.319 e. The molecule has 0 spiro atoms. The molecule has 1 aromatic heterocycles.